The summed E-state index contributed by atoms with van der Waals surface area (Å²) >= 11 is 12.1. The second kappa shape index (κ2) is 4.37. The van der Waals surface area contributed by atoms with Crippen LogP contribution in [0.15, 0.2) is 23.3 Å². The lowest BCUT2D eigenvalue weighted by Gasteiger charge is -2.42. The average molecular weight is 297 g/mol. The first kappa shape index (κ1) is 12.0. The van der Waals surface area contributed by atoms with E-state index in [-0.39, 0.29) is 6.04 Å². The van der Waals surface area contributed by atoms with Crippen molar-refractivity contribution in [2.75, 3.05) is 13.1 Å². The molecule has 0 saturated carbocycles. The molecule has 4 aliphatic rings. The summed E-state index contributed by atoms with van der Waals surface area (Å²) in [5.74, 6) is 0.697. The van der Waals surface area contributed by atoms with E-state index in [1.54, 1.807) is 4.90 Å². The van der Waals surface area contributed by atoms with E-state index in [1.165, 1.54) is 37.2 Å². The van der Waals surface area contributed by atoms with Gasteiger partial charge < -0.3 is 4.90 Å². The Morgan fingerprint density at radius 3 is 2.68 bits per heavy atom. The minimum absolute atomic E-state index is 0.253. The highest BCUT2D eigenvalue weighted by atomic mass is 35.5. The molecule has 3 fully saturated rings. The minimum Gasteiger partial charge on any atom is -0.326 e. The average Bonchev–Trinajstić information content (AvgIpc) is 2.90. The van der Waals surface area contributed by atoms with E-state index in [0.29, 0.717) is 22.0 Å². The van der Waals surface area contributed by atoms with Crippen LogP contribution in [0.1, 0.15) is 24.4 Å². The lowest BCUT2D eigenvalue weighted by atomic mass is 9.78. The van der Waals surface area contributed by atoms with Gasteiger partial charge in [0.25, 0.3) is 0 Å². The van der Waals surface area contributed by atoms with E-state index in [4.69, 9.17) is 23.2 Å². The maximum absolute atomic E-state index is 6.14. The molecule has 5 rings (SSSR count). The van der Waals surface area contributed by atoms with Crippen molar-refractivity contribution >= 4 is 28.9 Å². The van der Waals surface area contributed by atoms with E-state index in [0.717, 1.165) is 0 Å². The Morgan fingerprint density at radius 2 is 1.95 bits per heavy atom. The van der Waals surface area contributed by atoms with Crippen LogP contribution in [-0.4, -0.2) is 24.8 Å². The molecule has 4 heterocycles. The van der Waals surface area contributed by atoms with Crippen molar-refractivity contribution in [3.05, 3.63) is 33.8 Å². The molecule has 0 aromatic heterocycles. The topological polar surface area (TPSA) is 28.8 Å². The zero-order valence-corrected chi connectivity index (χ0v) is 12.0. The van der Waals surface area contributed by atoms with Crippen LogP contribution >= 0.6 is 23.2 Å². The first-order valence-electron chi connectivity index (χ1n) is 6.86. The highest BCUT2D eigenvalue weighted by Crippen LogP contribution is 2.33. The molecule has 19 heavy (non-hydrogen) atoms. The van der Waals surface area contributed by atoms with Crippen LogP contribution in [0.3, 0.4) is 0 Å². The van der Waals surface area contributed by atoms with Gasteiger partial charge in [-0.25, -0.2) is 0 Å². The Balaban J connectivity index is 1.69. The molecular formula is C14H16Cl2N3+. The quantitative estimate of drug-likeness (QED) is 0.811. The summed E-state index contributed by atoms with van der Waals surface area (Å²) < 4.78 is 0. The maximum Gasteiger partial charge on any atom is 0.155 e. The van der Waals surface area contributed by atoms with E-state index < -0.39 is 0 Å². The van der Waals surface area contributed by atoms with Gasteiger partial charge in [0.15, 0.2) is 6.04 Å². The molecular weight excluding hydrogens is 281 g/mol. The van der Waals surface area contributed by atoms with Crippen molar-refractivity contribution in [3.8, 4) is 0 Å². The van der Waals surface area contributed by atoms with Crippen LogP contribution in [0.5, 0.6) is 0 Å². The molecule has 0 spiro atoms. The summed E-state index contributed by atoms with van der Waals surface area (Å²) in [6.45, 7) is 2.54. The number of fused-ring (bicyclic) bond motifs is 2. The summed E-state index contributed by atoms with van der Waals surface area (Å²) in [6.07, 6.45) is 2.58. The Hall–Kier alpha value is -0.770. The fourth-order valence-electron chi connectivity index (χ4n) is 3.82. The van der Waals surface area contributed by atoms with Crippen LogP contribution < -0.4 is 10.3 Å². The third-order valence-corrected chi connectivity index (χ3v) is 5.51. The molecule has 1 aromatic rings. The number of piperidine rings is 3. The molecule has 3 saturated heterocycles. The highest BCUT2D eigenvalue weighted by molar-refractivity contribution is 6.42. The maximum atomic E-state index is 6.14. The number of rotatable bonds is 1. The standard InChI is InChI=1S/C14H15Cl2N3/c15-10-2-1-9(7-11(10)16)13-14-12(17-18-13)8-3-5-19(14)6-4-8/h1-2,7-8,13-14,18H,3-6H2/p+1/t13-,14-/m0/s1. The van der Waals surface area contributed by atoms with Gasteiger partial charge in [-0.3, -0.25) is 5.43 Å². The number of hydrogen-bond acceptors (Lipinski definition) is 2. The van der Waals surface area contributed by atoms with Crippen LogP contribution in [-0.2, 0) is 0 Å². The van der Waals surface area contributed by atoms with Crippen molar-refractivity contribution in [3.63, 3.8) is 0 Å². The molecule has 4 aliphatic heterocycles. The summed E-state index contributed by atoms with van der Waals surface area (Å²) in [7, 11) is 0. The number of nitrogens with zero attached hydrogens (tertiary/aromatic N) is 1. The monoisotopic (exact) mass is 296 g/mol. The van der Waals surface area contributed by atoms with Gasteiger partial charge >= 0.3 is 0 Å². The van der Waals surface area contributed by atoms with E-state index in [2.05, 4.69) is 16.6 Å². The van der Waals surface area contributed by atoms with Gasteiger partial charge in [0.05, 0.1) is 23.1 Å². The molecule has 2 atom stereocenters. The number of quaternary nitrogens is 1. The largest absolute Gasteiger partial charge is 0.326 e. The van der Waals surface area contributed by atoms with Crippen LogP contribution in [0.4, 0.5) is 0 Å². The normalized spacial score (nSPS) is 35.8. The summed E-state index contributed by atoms with van der Waals surface area (Å²) in [5.41, 5.74) is 5.90. The lowest BCUT2D eigenvalue weighted by Crippen LogP contribution is -3.20. The van der Waals surface area contributed by atoms with Gasteiger partial charge in [0, 0.05) is 18.8 Å². The van der Waals surface area contributed by atoms with Gasteiger partial charge in [-0.1, -0.05) is 29.3 Å². The second-order valence-electron chi connectivity index (χ2n) is 5.73. The Labute approximate surface area is 122 Å². The van der Waals surface area contributed by atoms with Crippen LogP contribution in [0, 0.1) is 5.92 Å². The Morgan fingerprint density at radius 1 is 1.16 bits per heavy atom. The summed E-state index contributed by atoms with van der Waals surface area (Å²) in [5, 5.41) is 5.86. The number of nitrogens with one attached hydrogen (secondary N) is 2. The molecule has 0 amide bonds. The zero-order chi connectivity index (χ0) is 13.0. The molecule has 0 unspecified atom stereocenters. The predicted molar refractivity (Wildman–Crippen MR) is 77.0 cm³/mol. The molecule has 2 N–H and O–H groups in total. The fraction of sp³-hybridized carbons (Fsp3) is 0.500. The van der Waals surface area contributed by atoms with Gasteiger partial charge in [-0.15, -0.1) is 0 Å². The third-order valence-electron chi connectivity index (χ3n) is 4.77. The molecule has 100 valence electrons. The first-order valence-corrected chi connectivity index (χ1v) is 7.62. The van der Waals surface area contributed by atoms with Gasteiger partial charge in [-0.05, 0) is 17.7 Å². The van der Waals surface area contributed by atoms with E-state index >= 15 is 0 Å². The number of hydrogen-bond donors (Lipinski definition) is 2. The van der Waals surface area contributed by atoms with Gasteiger partial charge in [0.2, 0.25) is 0 Å². The van der Waals surface area contributed by atoms with Gasteiger partial charge in [-0.2, -0.15) is 5.10 Å². The molecule has 3 nitrogen and oxygen atoms in total. The van der Waals surface area contributed by atoms with Crippen molar-refractivity contribution in [1.82, 2.24) is 5.43 Å². The Kier molecular flexibility index (Phi) is 2.76. The van der Waals surface area contributed by atoms with Crippen molar-refractivity contribution < 1.29 is 4.90 Å². The van der Waals surface area contributed by atoms with E-state index in [9.17, 15) is 0 Å². The molecule has 1 aromatic carbocycles. The number of hydrazone groups is 1. The summed E-state index contributed by atoms with van der Waals surface area (Å²) in [6, 6.07) is 6.66. The smallest absolute Gasteiger partial charge is 0.155 e. The summed E-state index contributed by atoms with van der Waals surface area (Å²) in [4.78, 5) is 1.67. The molecule has 5 heteroatoms. The zero-order valence-electron chi connectivity index (χ0n) is 10.5. The number of benzene rings is 1. The molecule has 2 bridgehead atoms. The van der Waals surface area contributed by atoms with E-state index in [1.807, 2.05) is 12.1 Å². The Bertz CT molecular complexity index is 550. The highest BCUT2D eigenvalue weighted by Gasteiger charge is 2.50. The van der Waals surface area contributed by atoms with Crippen LogP contribution in [0.25, 0.3) is 0 Å². The second-order valence-corrected chi connectivity index (χ2v) is 6.54. The first-order chi connectivity index (χ1) is 9.24. The fourth-order valence-corrected chi connectivity index (χ4v) is 4.12. The lowest BCUT2D eigenvalue weighted by molar-refractivity contribution is -0.927. The number of halogens is 2. The molecule has 0 radical (unpaired) electrons. The van der Waals surface area contributed by atoms with Crippen molar-refractivity contribution in [2.45, 2.75) is 24.9 Å². The SMILES string of the molecule is Clc1ccc([C@@H]2NN=C3C4CC[NH+](CC4)[C@@H]32)cc1Cl. The van der Waals surface area contributed by atoms with Crippen molar-refractivity contribution in [2.24, 2.45) is 11.0 Å². The van der Waals surface area contributed by atoms with Crippen LogP contribution in [0.2, 0.25) is 10.0 Å². The van der Waals surface area contributed by atoms with Gasteiger partial charge in [0.1, 0.15) is 11.8 Å². The third kappa shape index (κ3) is 1.79. The molecule has 0 aliphatic carbocycles. The minimum atomic E-state index is 0.253. The predicted octanol–water partition coefficient (Wildman–Crippen LogP) is 1.67. The van der Waals surface area contributed by atoms with Crippen molar-refractivity contribution in [1.29, 1.82) is 0 Å².